The van der Waals surface area contributed by atoms with E-state index in [1.165, 1.54) is 10.6 Å². The lowest BCUT2D eigenvalue weighted by Gasteiger charge is -2.15. The van der Waals surface area contributed by atoms with Crippen molar-refractivity contribution in [1.29, 1.82) is 0 Å². The molecular formula is C18H19N5O3. The van der Waals surface area contributed by atoms with E-state index >= 15 is 0 Å². The predicted molar refractivity (Wildman–Crippen MR) is 92.7 cm³/mol. The quantitative estimate of drug-likeness (QED) is 0.690. The highest BCUT2D eigenvalue weighted by Crippen LogP contribution is 2.17. The lowest BCUT2D eigenvalue weighted by atomic mass is 10.3. The summed E-state index contributed by atoms with van der Waals surface area (Å²) in [6, 6.07) is 8.30. The number of furan rings is 1. The molecule has 4 rings (SSSR count). The molecule has 3 aromatic rings. The highest BCUT2D eigenvalue weighted by Gasteiger charge is 2.22. The highest BCUT2D eigenvalue weighted by atomic mass is 16.4. The van der Waals surface area contributed by atoms with Crippen LogP contribution in [0.25, 0.3) is 0 Å². The fourth-order valence-electron chi connectivity index (χ4n) is 3.14. The van der Waals surface area contributed by atoms with Crippen LogP contribution in [0.5, 0.6) is 0 Å². The maximum Gasteiger partial charge on any atom is 0.289 e. The zero-order valence-electron chi connectivity index (χ0n) is 14.5. The molecule has 0 bridgehead atoms. The van der Waals surface area contributed by atoms with Crippen LogP contribution < -0.4 is 5.56 Å². The van der Waals surface area contributed by atoms with Crippen molar-refractivity contribution in [1.82, 2.24) is 24.2 Å². The summed E-state index contributed by atoms with van der Waals surface area (Å²) in [5.74, 6) is 2.34. The summed E-state index contributed by atoms with van der Waals surface area (Å²) in [7, 11) is 1.71. The van der Waals surface area contributed by atoms with Gasteiger partial charge in [-0.15, -0.1) is 10.2 Å². The van der Waals surface area contributed by atoms with E-state index < -0.39 is 0 Å². The summed E-state index contributed by atoms with van der Waals surface area (Å²) in [6.45, 7) is 1.56. The normalized spacial score (nSPS) is 13.0. The van der Waals surface area contributed by atoms with Gasteiger partial charge in [-0.05, 0) is 24.6 Å². The Hall–Kier alpha value is -3.16. The lowest BCUT2D eigenvalue weighted by Crippen LogP contribution is -2.27. The van der Waals surface area contributed by atoms with Gasteiger partial charge in [-0.2, -0.15) is 0 Å². The summed E-state index contributed by atoms with van der Waals surface area (Å²) in [4.78, 5) is 25.9. The second-order valence-electron chi connectivity index (χ2n) is 6.38. The molecule has 0 aliphatic carbocycles. The Morgan fingerprint density at radius 1 is 1.27 bits per heavy atom. The Morgan fingerprint density at radius 3 is 3.00 bits per heavy atom. The average Bonchev–Trinajstić information content (AvgIpc) is 3.35. The van der Waals surface area contributed by atoms with E-state index in [2.05, 4.69) is 14.8 Å². The van der Waals surface area contributed by atoms with Crippen molar-refractivity contribution in [3.05, 3.63) is 70.1 Å². The van der Waals surface area contributed by atoms with Crippen molar-refractivity contribution in [3.63, 3.8) is 0 Å². The Labute approximate surface area is 149 Å². The van der Waals surface area contributed by atoms with Crippen LogP contribution in [0.1, 0.15) is 34.4 Å². The fraction of sp³-hybridized carbons (Fsp3) is 0.333. The highest BCUT2D eigenvalue weighted by molar-refractivity contribution is 5.91. The van der Waals surface area contributed by atoms with Crippen molar-refractivity contribution < 1.29 is 9.21 Å². The van der Waals surface area contributed by atoms with E-state index in [4.69, 9.17) is 4.42 Å². The van der Waals surface area contributed by atoms with Gasteiger partial charge in [0.05, 0.1) is 13.1 Å². The number of pyridine rings is 1. The number of fused-ring (bicyclic) bond motifs is 1. The molecular weight excluding hydrogens is 334 g/mol. The van der Waals surface area contributed by atoms with Gasteiger partial charge >= 0.3 is 0 Å². The molecule has 0 unspecified atom stereocenters. The smallest absolute Gasteiger partial charge is 0.289 e. The van der Waals surface area contributed by atoms with E-state index in [0.29, 0.717) is 12.3 Å². The third-order valence-corrected chi connectivity index (χ3v) is 4.51. The van der Waals surface area contributed by atoms with Crippen LogP contribution in [0.15, 0.2) is 45.7 Å². The second kappa shape index (κ2) is 6.62. The van der Waals surface area contributed by atoms with Crippen LogP contribution in [-0.2, 0) is 26.1 Å². The molecule has 0 atom stereocenters. The van der Waals surface area contributed by atoms with Gasteiger partial charge in [0.25, 0.3) is 11.5 Å². The van der Waals surface area contributed by atoms with Gasteiger partial charge in [-0.1, -0.05) is 6.07 Å². The first-order valence-corrected chi connectivity index (χ1v) is 8.52. The van der Waals surface area contributed by atoms with E-state index in [-0.39, 0.29) is 23.8 Å². The molecule has 0 aromatic carbocycles. The zero-order chi connectivity index (χ0) is 18.1. The first-order valence-electron chi connectivity index (χ1n) is 8.52. The number of amides is 1. The van der Waals surface area contributed by atoms with Gasteiger partial charge in [-0.3, -0.25) is 9.59 Å². The molecule has 0 saturated heterocycles. The molecule has 0 saturated carbocycles. The molecule has 4 heterocycles. The maximum absolute atomic E-state index is 12.6. The van der Waals surface area contributed by atoms with E-state index in [0.717, 1.165) is 31.0 Å². The summed E-state index contributed by atoms with van der Waals surface area (Å²) >= 11 is 0. The Kier molecular flexibility index (Phi) is 4.16. The van der Waals surface area contributed by atoms with Crippen molar-refractivity contribution in [3.8, 4) is 0 Å². The minimum atomic E-state index is -0.230. The Morgan fingerprint density at radius 2 is 2.15 bits per heavy atom. The summed E-state index contributed by atoms with van der Waals surface area (Å²) in [6.07, 6.45) is 3.69. The van der Waals surface area contributed by atoms with Crippen LogP contribution in [-0.4, -0.2) is 37.2 Å². The van der Waals surface area contributed by atoms with Crippen LogP contribution in [0.2, 0.25) is 0 Å². The fourth-order valence-corrected chi connectivity index (χ4v) is 3.14. The number of hydrogen-bond acceptors (Lipinski definition) is 5. The number of hydrogen-bond donors (Lipinski definition) is 0. The van der Waals surface area contributed by atoms with Crippen molar-refractivity contribution in [2.45, 2.75) is 32.5 Å². The van der Waals surface area contributed by atoms with Crippen LogP contribution in [0.4, 0.5) is 0 Å². The number of carbonyl (C=O) groups is 1. The second-order valence-corrected chi connectivity index (χ2v) is 6.38. The molecule has 1 aliphatic rings. The SMILES string of the molecule is CN(Cc1nnc2n1CCC2)C(=O)c1ccc(Cn2ccccc2=O)o1. The van der Waals surface area contributed by atoms with Gasteiger partial charge in [-0.25, -0.2) is 0 Å². The maximum atomic E-state index is 12.6. The number of aromatic nitrogens is 4. The molecule has 134 valence electrons. The lowest BCUT2D eigenvalue weighted by molar-refractivity contribution is 0.0746. The van der Waals surface area contributed by atoms with Gasteiger partial charge in [0.1, 0.15) is 11.6 Å². The van der Waals surface area contributed by atoms with Crippen molar-refractivity contribution in [2.75, 3.05) is 7.05 Å². The van der Waals surface area contributed by atoms with Crippen LogP contribution in [0, 0.1) is 0 Å². The Bertz CT molecular complexity index is 1000. The summed E-state index contributed by atoms with van der Waals surface area (Å²) in [5, 5.41) is 8.34. The van der Waals surface area contributed by atoms with Gasteiger partial charge in [0.15, 0.2) is 11.6 Å². The van der Waals surface area contributed by atoms with Crippen molar-refractivity contribution in [2.24, 2.45) is 0 Å². The molecule has 8 heteroatoms. The molecule has 3 aromatic heterocycles. The summed E-state index contributed by atoms with van der Waals surface area (Å²) in [5.41, 5.74) is -0.116. The third kappa shape index (κ3) is 3.05. The van der Waals surface area contributed by atoms with Gasteiger partial charge in [0, 0.05) is 32.3 Å². The zero-order valence-corrected chi connectivity index (χ0v) is 14.5. The molecule has 0 radical (unpaired) electrons. The average molecular weight is 353 g/mol. The number of aryl methyl sites for hydroxylation is 1. The van der Waals surface area contributed by atoms with E-state index in [9.17, 15) is 9.59 Å². The first-order chi connectivity index (χ1) is 12.6. The topological polar surface area (TPSA) is 86.2 Å². The van der Waals surface area contributed by atoms with E-state index in [1.54, 1.807) is 42.4 Å². The molecule has 1 aliphatic heterocycles. The van der Waals surface area contributed by atoms with Crippen LogP contribution in [0.3, 0.4) is 0 Å². The molecule has 0 N–H and O–H groups in total. The molecule has 1 amide bonds. The Balaban J connectivity index is 1.45. The third-order valence-electron chi connectivity index (χ3n) is 4.51. The van der Waals surface area contributed by atoms with Gasteiger partial charge in [0.2, 0.25) is 0 Å². The monoisotopic (exact) mass is 353 g/mol. The predicted octanol–water partition coefficient (Wildman–Crippen LogP) is 1.30. The van der Waals surface area contributed by atoms with Crippen LogP contribution >= 0.6 is 0 Å². The van der Waals surface area contributed by atoms with E-state index in [1.807, 2.05) is 0 Å². The number of rotatable bonds is 5. The molecule has 8 nitrogen and oxygen atoms in total. The summed E-state index contributed by atoms with van der Waals surface area (Å²) < 4.78 is 9.24. The molecule has 26 heavy (non-hydrogen) atoms. The number of nitrogens with zero attached hydrogens (tertiary/aromatic N) is 5. The minimum absolute atomic E-state index is 0.116. The standard InChI is InChI=1S/C18H19N5O3/c1-21(12-16-20-19-15-5-4-10-23(15)16)18(25)14-8-7-13(26-14)11-22-9-3-2-6-17(22)24/h2-3,6-9H,4-5,10-12H2,1H3. The van der Waals surface area contributed by atoms with Crippen molar-refractivity contribution >= 4 is 5.91 Å². The molecule has 0 spiro atoms. The molecule has 0 fully saturated rings. The first kappa shape index (κ1) is 16.3. The largest absolute Gasteiger partial charge is 0.454 e. The van der Waals surface area contributed by atoms with Gasteiger partial charge < -0.3 is 18.5 Å². The minimum Gasteiger partial charge on any atom is -0.454 e. The number of carbonyl (C=O) groups excluding carboxylic acids is 1.